The maximum atomic E-state index is 13.0. The molecule has 0 radical (unpaired) electrons. The van der Waals surface area contributed by atoms with Crippen molar-refractivity contribution < 1.29 is 19.1 Å². The van der Waals surface area contributed by atoms with Gasteiger partial charge in [-0.1, -0.05) is 31.2 Å². The van der Waals surface area contributed by atoms with Gasteiger partial charge in [-0.25, -0.2) is 0 Å². The summed E-state index contributed by atoms with van der Waals surface area (Å²) >= 11 is 0. The Bertz CT molecular complexity index is 1160. The van der Waals surface area contributed by atoms with Crippen molar-refractivity contribution in [3.63, 3.8) is 0 Å². The van der Waals surface area contributed by atoms with Crippen LogP contribution in [0.3, 0.4) is 0 Å². The molecule has 0 spiro atoms. The fourth-order valence-corrected chi connectivity index (χ4v) is 4.20. The summed E-state index contributed by atoms with van der Waals surface area (Å²) in [7, 11) is 1.27. The smallest absolute Gasteiger partial charge is 0.325 e. The Morgan fingerprint density at radius 3 is 2.66 bits per heavy atom. The number of carbonyl (C=O) groups is 3. The van der Waals surface area contributed by atoms with Crippen LogP contribution in [0.5, 0.6) is 0 Å². The van der Waals surface area contributed by atoms with E-state index in [2.05, 4.69) is 33.3 Å². The second-order valence-corrected chi connectivity index (χ2v) is 8.34. The normalized spacial score (nSPS) is 15.1. The minimum Gasteiger partial charge on any atom is -0.468 e. The number of amides is 2. The van der Waals surface area contributed by atoms with Crippen molar-refractivity contribution in [2.45, 2.75) is 32.6 Å². The molecule has 2 amide bonds. The predicted molar refractivity (Wildman–Crippen MR) is 123 cm³/mol. The number of hydrogen-bond acceptors (Lipinski definition) is 4. The van der Waals surface area contributed by atoms with E-state index in [9.17, 15) is 14.4 Å². The Balaban J connectivity index is 1.44. The molecule has 3 N–H and O–H groups in total. The first kappa shape index (κ1) is 21.6. The minimum absolute atomic E-state index is 0.136. The van der Waals surface area contributed by atoms with Crippen LogP contribution in [0.4, 0.5) is 5.69 Å². The summed E-state index contributed by atoms with van der Waals surface area (Å²) in [6, 6.07) is 12.9. The second-order valence-electron chi connectivity index (χ2n) is 8.34. The second kappa shape index (κ2) is 9.26. The molecular formula is C25H27N3O4. The summed E-state index contributed by atoms with van der Waals surface area (Å²) in [5.74, 6) is -0.293. The highest BCUT2D eigenvalue weighted by molar-refractivity contribution is 6.12. The molecule has 7 nitrogen and oxygen atoms in total. The Kier molecular flexibility index (Phi) is 6.25. The number of fused-ring (bicyclic) bond motifs is 3. The summed E-state index contributed by atoms with van der Waals surface area (Å²) in [4.78, 5) is 39.5. The molecule has 0 fully saturated rings. The van der Waals surface area contributed by atoms with Crippen molar-refractivity contribution in [1.82, 2.24) is 10.3 Å². The summed E-state index contributed by atoms with van der Waals surface area (Å²) in [5, 5.41) is 6.58. The van der Waals surface area contributed by atoms with Crippen LogP contribution < -0.4 is 10.6 Å². The molecule has 1 aromatic heterocycles. The van der Waals surface area contributed by atoms with Gasteiger partial charge in [0.25, 0.3) is 5.91 Å². The first-order valence-corrected chi connectivity index (χ1v) is 10.8. The number of esters is 1. The average Bonchev–Trinajstić information content (AvgIpc) is 3.16. The van der Waals surface area contributed by atoms with E-state index in [0.717, 1.165) is 35.7 Å². The molecule has 0 aliphatic heterocycles. The molecule has 4 rings (SSSR count). The molecule has 2 aromatic carbocycles. The van der Waals surface area contributed by atoms with Gasteiger partial charge in [0.1, 0.15) is 6.54 Å². The molecule has 1 aliphatic rings. The van der Waals surface area contributed by atoms with Crippen molar-refractivity contribution in [3.8, 4) is 0 Å². The van der Waals surface area contributed by atoms with E-state index in [4.69, 9.17) is 0 Å². The molecule has 1 aliphatic carbocycles. The molecule has 1 heterocycles. The van der Waals surface area contributed by atoms with Crippen LogP contribution in [0.25, 0.3) is 10.9 Å². The van der Waals surface area contributed by atoms with Gasteiger partial charge in [0.05, 0.1) is 24.6 Å². The van der Waals surface area contributed by atoms with Crippen LogP contribution >= 0.6 is 0 Å². The number of aromatic nitrogens is 1. The fourth-order valence-electron chi connectivity index (χ4n) is 4.20. The number of benzene rings is 2. The molecule has 32 heavy (non-hydrogen) atoms. The third-order valence-corrected chi connectivity index (χ3v) is 5.95. The topological polar surface area (TPSA) is 100 Å². The van der Waals surface area contributed by atoms with E-state index in [0.29, 0.717) is 17.2 Å². The highest BCUT2D eigenvalue weighted by atomic mass is 16.5. The van der Waals surface area contributed by atoms with Crippen molar-refractivity contribution in [3.05, 3.63) is 64.8 Å². The molecule has 1 atom stereocenters. The lowest BCUT2D eigenvalue weighted by atomic mass is 9.87. The highest BCUT2D eigenvalue weighted by Crippen LogP contribution is 2.33. The van der Waals surface area contributed by atoms with Gasteiger partial charge in [-0.2, -0.15) is 0 Å². The number of hydrogen-bond donors (Lipinski definition) is 3. The van der Waals surface area contributed by atoms with Gasteiger partial charge in [0, 0.05) is 16.8 Å². The fraction of sp³-hybridized carbons (Fsp3) is 0.320. The third kappa shape index (κ3) is 4.66. The third-order valence-electron chi connectivity index (χ3n) is 5.95. The Hall–Kier alpha value is -3.61. The molecule has 3 aromatic rings. The number of rotatable bonds is 6. The van der Waals surface area contributed by atoms with Gasteiger partial charge >= 0.3 is 5.97 Å². The van der Waals surface area contributed by atoms with Crippen LogP contribution in [0.15, 0.2) is 42.5 Å². The lowest BCUT2D eigenvalue weighted by Crippen LogP contribution is -2.31. The number of carbonyl (C=O) groups excluding carboxylic acids is 3. The predicted octanol–water partition coefficient (Wildman–Crippen LogP) is 3.38. The molecule has 0 saturated carbocycles. The number of para-hydroxylation sites is 1. The largest absolute Gasteiger partial charge is 0.468 e. The molecule has 1 unspecified atom stereocenters. The quantitative estimate of drug-likeness (QED) is 0.519. The number of nitrogens with one attached hydrogen (secondary N) is 3. The summed E-state index contributed by atoms with van der Waals surface area (Å²) < 4.78 is 4.50. The van der Waals surface area contributed by atoms with E-state index in [1.165, 1.54) is 18.4 Å². The van der Waals surface area contributed by atoms with Crippen LogP contribution in [-0.4, -0.2) is 36.4 Å². The zero-order valence-electron chi connectivity index (χ0n) is 18.3. The van der Waals surface area contributed by atoms with Crippen LogP contribution in [0, 0.1) is 5.92 Å². The lowest BCUT2D eigenvalue weighted by Gasteiger charge is -2.17. The van der Waals surface area contributed by atoms with E-state index in [1.807, 2.05) is 12.1 Å². The Morgan fingerprint density at radius 1 is 1.12 bits per heavy atom. The van der Waals surface area contributed by atoms with Crippen molar-refractivity contribution in [1.29, 1.82) is 0 Å². The maximum absolute atomic E-state index is 13.0. The number of anilines is 1. The number of aromatic amines is 1. The number of H-pyrrole nitrogens is 1. The van der Waals surface area contributed by atoms with Gasteiger partial charge in [0.2, 0.25) is 5.91 Å². The van der Waals surface area contributed by atoms with Crippen molar-refractivity contribution >= 4 is 34.4 Å². The van der Waals surface area contributed by atoms with Gasteiger partial charge in [-0.15, -0.1) is 0 Å². The Morgan fingerprint density at radius 2 is 1.91 bits per heavy atom. The summed E-state index contributed by atoms with van der Waals surface area (Å²) in [6.45, 7) is 2.11. The van der Waals surface area contributed by atoms with Gasteiger partial charge < -0.3 is 20.4 Å². The van der Waals surface area contributed by atoms with Crippen LogP contribution in [-0.2, 0) is 33.6 Å². The van der Waals surface area contributed by atoms with Crippen LogP contribution in [0.2, 0.25) is 0 Å². The van der Waals surface area contributed by atoms with E-state index in [-0.39, 0.29) is 24.8 Å². The van der Waals surface area contributed by atoms with E-state index in [1.54, 1.807) is 24.3 Å². The molecular weight excluding hydrogens is 406 g/mol. The van der Waals surface area contributed by atoms with Gasteiger partial charge in [-0.05, 0) is 54.5 Å². The SMILES string of the molecule is COC(=O)CNC(=O)Cc1ccc(NC(=O)c2cccc3c4c([nH]c23)CCC(C)C4)cc1. The highest BCUT2D eigenvalue weighted by Gasteiger charge is 2.22. The van der Waals surface area contributed by atoms with Gasteiger partial charge in [0.15, 0.2) is 0 Å². The molecule has 0 saturated heterocycles. The monoisotopic (exact) mass is 433 g/mol. The minimum atomic E-state index is -0.496. The first-order valence-electron chi connectivity index (χ1n) is 10.8. The molecule has 7 heteroatoms. The van der Waals surface area contributed by atoms with Gasteiger partial charge in [-0.3, -0.25) is 14.4 Å². The lowest BCUT2D eigenvalue weighted by molar-refractivity contribution is -0.141. The average molecular weight is 434 g/mol. The van der Waals surface area contributed by atoms with E-state index >= 15 is 0 Å². The molecule has 0 bridgehead atoms. The van der Waals surface area contributed by atoms with Crippen LogP contribution in [0.1, 0.15) is 40.5 Å². The van der Waals surface area contributed by atoms with Crippen molar-refractivity contribution in [2.24, 2.45) is 5.92 Å². The van der Waals surface area contributed by atoms with Crippen molar-refractivity contribution in [2.75, 3.05) is 19.0 Å². The summed E-state index contributed by atoms with van der Waals surface area (Å²) in [6.07, 6.45) is 3.35. The standard InChI is InChI=1S/C25H27N3O4/c1-15-6-11-21-20(12-15)18-4-3-5-19(24(18)28-21)25(31)27-17-9-7-16(8-10-17)13-22(29)26-14-23(30)32-2/h3-5,7-10,15,28H,6,11-14H2,1-2H3,(H,26,29)(H,27,31). The van der Waals surface area contributed by atoms with E-state index < -0.39 is 5.97 Å². The first-order chi connectivity index (χ1) is 15.4. The summed E-state index contributed by atoms with van der Waals surface area (Å²) in [5.41, 5.74) is 5.52. The molecule has 166 valence electrons. The number of ether oxygens (including phenoxy) is 1. The maximum Gasteiger partial charge on any atom is 0.325 e. The zero-order valence-corrected chi connectivity index (χ0v) is 18.3. The number of aryl methyl sites for hydroxylation is 1. The zero-order chi connectivity index (χ0) is 22.7. The Labute approximate surface area is 186 Å². The number of methoxy groups -OCH3 is 1.